The van der Waals surface area contributed by atoms with E-state index in [1.807, 2.05) is 34.5 Å². The van der Waals surface area contributed by atoms with Crippen LogP contribution in [0.2, 0.25) is 0 Å². The topological polar surface area (TPSA) is 88.3 Å². The minimum absolute atomic E-state index is 0.0195. The maximum atomic E-state index is 12.8. The Hall–Kier alpha value is -3.03. The molecule has 4 rings (SSSR count). The Morgan fingerprint density at radius 2 is 1.93 bits per heavy atom. The SMILES string of the molecule is NC(c1ccc(C(=O)Nc2ccncc2)cc1)C1CCCN1C(=O)Cc1cccs1. The number of aromatic nitrogens is 1. The molecule has 154 valence electrons. The second-order valence-electron chi connectivity index (χ2n) is 7.39. The van der Waals surface area contributed by atoms with E-state index in [2.05, 4.69) is 10.3 Å². The van der Waals surface area contributed by atoms with Crippen molar-refractivity contribution >= 4 is 28.8 Å². The van der Waals surface area contributed by atoms with Gasteiger partial charge in [0.05, 0.1) is 18.5 Å². The molecule has 2 amide bonds. The molecule has 0 saturated carbocycles. The molecule has 30 heavy (non-hydrogen) atoms. The predicted octanol–water partition coefficient (Wildman–Crippen LogP) is 3.63. The van der Waals surface area contributed by atoms with Gasteiger partial charge in [0, 0.05) is 35.1 Å². The van der Waals surface area contributed by atoms with Crippen molar-refractivity contribution in [1.29, 1.82) is 0 Å². The molecule has 2 unspecified atom stereocenters. The number of carbonyl (C=O) groups excluding carboxylic acids is 2. The predicted molar refractivity (Wildman–Crippen MR) is 118 cm³/mol. The summed E-state index contributed by atoms with van der Waals surface area (Å²) in [6, 6.07) is 14.5. The highest BCUT2D eigenvalue weighted by Crippen LogP contribution is 2.29. The van der Waals surface area contributed by atoms with Gasteiger partial charge in [-0.05, 0) is 54.1 Å². The lowest BCUT2D eigenvalue weighted by Gasteiger charge is -2.30. The fraction of sp³-hybridized carbons (Fsp3) is 0.261. The van der Waals surface area contributed by atoms with Gasteiger partial charge in [-0.3, -0.25) is 14.6 Å². The maximum Gasteiger partial charge on any atom is 0.255 e. The van der Waals surface area contributed by atoms with Crippen molar-refractivity contribution in [2.45, 2.75) is 31.3 Å². The van der Waals surface area contributed by atoms with E-state index in [0.29, 0.717) is 17.7 Å². The summed E-state index contributed by atoms with van der Waals surface area (Å²) in [5.41, 5.74) is 8.73. The average molecular weight is 421 g/mol. The zero-order valence-corrected chi connectivity index (χ0v) is 17.3. The maximum absolute atomic E-state index is 12.8. The summed E-state index contributed by atoms with van der Waals surface area (Å²) in [6.07, 6.45) is 5.53. The van der Waals surface area contributed by atoms with Gasteiger partial charge >= 0.3 is 0 Å². The second-order valence-corrected chi connectivity index (χ2v) is 8.42. The van der Waals surface area contributed by atoms with E-state index in [0.717, 1.165) is 29.8 Å². The number of benzene rings is 1. The first-order chi connectivity index (χ1) is 14.6. The molecule has 1 fully saturated rings. The number of likely N-dealkylation sites (tertiary alicyclic amines) is 1. The largest absolute Gasteiger partial charge is 0.337 e. The summed E-state index contributed by atoms with van der Waals surface area (Å²) in [6.45, 7) is 0.745. The van der Waals surface area contributed by atoms with Crippen LogP contribution >= 0.6 is 11.3 Å². The summed E-state index contributed by atoms with van der Waals surface area (Å²) >= 11 is 1.60. The van der Waals surface area contributed by atoms with Crippen molar-refractivity contribution in [3.05, 3.63) is 82.3 Å². The van der Waals surface area contributed by atoms with Gasteiger partial charge in [0.15, 0.2) is 0 Å². The van der Waals surface area contributed by atoms with Crippen LogP contribution in [0.3, 0.4) is 0 Å². The fourth-order valence-electron chi connectivity index (χ4n) is 3.86. The normalized spacial score (nSPS) is 17.0. The second kappa shape index (κ2) is 9.19. The highest BCUT2D eigenvalue weighted by Gasteiger charge is 2.33. The van der Waals surface area contributed by atoms with Crippen molar-refractivity contribution in [2.24, 2.45) is 5.73 Å². The van der Waals surface area contributed by atoms with Crippen molar-refractivity contribution in [3.8, 4) is 0 Å². The number of pyridine rings is 1. The molecule has 3 aromatic rings. The minimum atomic E-state index is -0.280. The summed E-state index contributed by atoms with van der Waals surface area (Å²) in [5, 5.41) is 4.83. The number of amides is 2. The monoisotopic (exact) mass is 420 g/mol. The van der Waals surface area contributed by atoms with Crippen LogP contribution in [0.4, 0.5) is 5.69 Å². The Labute approximate surface area is 179 Å². The summed E-state index contributed by atoms with van der Waals surface area (Å²) in [7, 11) is 0. The number of hydrogen-bond donors (Lipinski definition) is 2. The molecular weight excluding hydrogens is 396 g/mol. The molecule has 0 radical (unpaired) electrons. The number of carbonyl (C=O) groups is 2. The Bertz CT molecular complexity index is 990. The Kier molecular flexibility index (Phi) is 6.21. The molecule has 6 nitrogen and oxygen atoms in total. The molecular formula is C23H24N4O2S. The van der Waals surface area contributed by atoms with E-state index < -0.39 is 0 Å². The third-order valence-electron chi connectivity index (χ3n) is 5.44. The molecule has 0 aliphatic carbocycles. The molecule has 3 N–H and O–H groups in total. The molecule has 3 heterocycles. The molecule has 1 saturated heterocycles. The molecule has 2 aromatic heterocycles. The van der Waals surface area contributed by atoms with Crippen molar-refractivity contribution < 1.29 is 9.59 Å². The van der Waals surface area contributed by atoms with Crippen LogP contribution in [0.1, 0.15) is 39.7 Å². The number of thiophene rings is 1. The highest BCUT2D eigenvalue weighted by molar-refractivity contribution is 7.10. The standard InChI is InChI=1S/C23H24N4O2S/c24-22(20-4-1-13-27(20)21(28)15-19-3-2-14-30-19)16-5-7-17(8-6-16)23(29)26-18-9-11-25-12-10-18/h2-3,5-12,14,20,22H,1,4,13,15,24H2,(H,25,26,29). The summed E-state index contributed by atoms with van der Waals surface area (Å²) in [4.78, 5) is 32.2. The third kappa shape index (κ3) is 4.58. The van der Waals surface area contributed by atoms with E-state index in [9.17, 15) is 9.59 Å². The molecule has 0 bridgehead atoms. The molecule has 1 aliphatic rings. The van der Waals surface area contributed by atoms with Gasteiger partial charge in [-0.25, -0.2) is 0 Å². The van der Waals surface area contributed by atoms with E-state index in [1.54, 1.807) is 48.0 Å². The zero-order chi connectivity index (χ0) is 20.9. The van der Waals surface area contributed by atoms with Gasteiger partial charge in [0.25, 0.3) is 5.91 Å². The van der Waals surface area contributed by atoms with Crippen LogP contribution < -0.4 is 11.1 Å². The fourth-order valence-corrected chi connectivity index (χ4v) is 4.55. The van der Waals surface area contributed by atoms with Crippen LogP contribution in [0.15, 0.2) is 66.3 Å². The van der Waals surface area contributed by atoms with E-state index in [1.165, 1.54) is 0 Å². The summed E-state index contributed by atoms with van der Waals surface area (Å²) in [5.74, 6) is -0.0568. The Balaban J connectivity index is 1.41. The van der Waals surface area contributed by atoms with Crippen LogP contribution in [-0.2, 0) is 11.2 Å². The van der Waals surface area contributed by atoms with Gasteiger partial charge < -0.3 is 16.0 Å². The number of hydrogen-bond acceptors (Lipinski definition) is 5. The van der Waals surface area contributed by atoms with Gasteiger partial charge in [0.2, 0.25) is 5.91 Å². The van der Waals surface area contributed by atoms with Crippen LogP contribution in [-0.4, -0.2) is 34.3 Å². The van der Waals surface area contributed by atoms with E-state index in [4.69, 9.17) is 5.73 Å². The first kappa shape index (κ1) is 20.3. The lowest BCUT2D eigenvalue weighted by Crippen LogP contribution is -2.42. The molecule has 2 atom stereocenters. The van der Waals surface area contributed by atoms with E-state index in [-0.39, 0.29) is 23.9 Å². The highest BCUT2D eigenvalue weighted by atomic mass is 32.1. The Morgan fingerprint density at radius 3 is 2.63 bits per heavy atom. The average Bonchev–Trinajstić information content (AvgIpc) is 3.46. The van der Waals surface area contributed by atoms with E-state index >= 15 is 0 Å². The number of nitrogens with one attached hydrogen (secondary N) is 1. The van der Waals surface area contributed by atoms with Crippen molar-refractivity contribution in [2.75, 3.05) is 11.9 Å². The first-order valence-corrected chi connectivity index (χ1v) is 10.9. The Morgan fingerprint density at radius 1 is 1.17 bits per heavy atom. The number of anilines is 1. The van der Waals surface area contributed by atoms with Gasteiger partial charge in [-0.15, -0.1) is 11.3 Å². The smallest absolute Gasteiger partial charge is 0.255 e. The zero-order valence-electron chi connectivity index (χ0n) is 16.5. The number of nitrogens with two attached hydrogens (primary N) is 1. The number of nitrogens with zero attached hydrogens (tertiary/aromatic N) is 2. The lowest BCUT2D eigenvalue weighted by molar-refractivity contribution is -0.131. The lowest BCUT2D eigenvalue weighted by atomic mass is 9.97. The molecule has 1 aromatic carbocycles. The van der Waals surface area contributed by atoms with Crippen molar-refractivity contribution in [1.82, 2.24) is 9.88 Å². The minimum Gasteiger partial charge on any atom is -0.337 e. The van der Waals surface area contributed by atoms with Gasteiger partial charge in [-0.1, -0.05) is 18.2 Å². The first-order valence-electron chi connectivity index (χ1n) is 10.0. The van der Waals surface area contributed by atoms with Crippen LogP contribution in [0.25, 0.3) is 0 Å². The third-order valence-corrected chi connectivity index (χ3v) is 6.31. The quantitative estimate of drug-likeness (QED) is 0.637. The van der Waals surface area contributed by atoms with Gasteiger partial charge in [-0.2, -0.15) is 0 Å². The number of rotatable bonds is 6. The van der Waals surface area contributed by atoms with Crippen LogP contribution in [0, 0.1) is 0 Å². The molecule has 7 heteroatoms. The van der Waals surface area contributed by atoms with Crippen LogP contribution in [0.5, 0.6) is 0 Å². The molecule has 1 aliphatic heterocycles. The summed E-state index contributed by atoms with van der Waals surface area (Å²) < 4.78 is 0. The van der Waals surface area contributed by atoms with Crippen molar-refractivity contribution in [3.63, 3.8) is 0 Å². The molecule has 0 spiro atoms. The van der Waals surface area contributed by atoms with Gasteiger partial charge in [0.1, 0.15) is 0 Å².